The number of aryl methyl sites for hydroxylation is 1. The van der Waals surface area contributed by atoms with Crippen molar-refractivity contribution in [3.05, 3.63) is 28.5 Å². The van der Waals surface area contributed by atoms with E-state index in [1.165, 1.54) is 4.80 Å². The lowest BCUT2D eigenvalue weighted by molar-refractivity contribution is 0.409. The molecule has 18 heavy (non-hydrogen) atoms. The number of halogens is 1. The van der Waals surface area contributed by atoms with Crippen molar-refractivity contribution < 1.29 is 4.74 Å². The van der Waals surface area contributed by atoms with Crippen molar-refractivity contribution >= 4 is 11.6 Å². The zero-order valence-corrected chi connectivity index (χ0v) is 11.0. The van der Waals surface area contributed by atoms with E-state index in [0.717, 1.165) is 5.56 Å². The van der Waals surface area contributed by atoms with Gasteiger partial charge in [-0.1, -0.05) is 11.6 Å². The van der Waals surface area contributed by atoms with Gasteiger partial charge in [-0.15, -0.1) is 15.0 Å². The highest BCUT2D eigenvalue weighted by atomic mass is 35.5. The van der Waals surface area contributed by atoms with Crippen LogP contribution in [0, 0.1) is 6.92 Å². The van der Waals surface area contributed by atoms with Gasteiger partial charge in [-0.2, -0.15) is 0 Å². The van der Waals surface area contributed by atoms with Gasteiger partial charge in [0.05, 0.1) is 7.11 Å². The largest absolute Gasteiger partial charge is 0.494 e. The summed E-state index contributed by atoms with van der Waals surface area (Å²) in [7, 11) is 1.57. The van der Waals surface area contributed by atoms with Crippen molar-refractivity contribution in [3.63, 3.8) is 0 Å². The van der Waals surface area contributed by atoms with Gasteiger partial charge in [-0.25, -0.2) is 0 Å². The molecule has 0 fully saturated rings. The standard InChI is InChI=1S/C11H14ClN5O/c1-7-5-9(10(18-2)6-8(7)12)17-15-11(3-4-13)14-16-17/h5-6H,3-4,13H2,1-2H3. The summed E-state index contributed by atoms with van der Waals surface area (Å²) in [5, 5.41) is 12.8. The lowest BCUT2D eigenvalue weighted by atomic mass is 10.2. The maximum Gasteiger partial charge on any atom is 0.176 e. The Kier molecular flexibility index (Phi) is 3.78. The SMILES string of the molecule is COc1cc(Cl)c(C)cc1-n1nnc(CCN)n1. The van der Waals surface area contributed by atoms with Gasteiger partial charge in [0.15, 0.2) is 5.82 Å². The molecule has 0 saturated heterocycles. The first-order valence-corrected chi connectivity index (χ1v) is 5.87. The van der Waals surface area contributed by atoms with Crippen LogP contribution in [0.3, 0.4) is 0 Å². The molecule has 2 N–H and O–H groups in total. The molecule has 0 saturated carbocycles. The van der Waals surface area contributed by atoms with Crippen LogP contribution in [0.1, 0.15) is 11.4 Å². The third-order valence-corrected chi connectivity index (χ3v) is 2.91. The normalized spacial score (nSPS) is 10.7. The second-order valence-corrected chi connectivity index (χ2v) is 4.21. The zero-order valence-electron chi connectivity index (χ0n) is 10.2. The van der Waals surface area contributed by atoms with Gasteiger partial charge in [0.1, 0.15) is 11.4 Å². The molecule has 0 amide bonds. The highest BCUT2D eigenvalue weighted by molar-refractivity contribution is 6.31. The molecule has 0 atom stereocenters. The Balaban J connectivity index is 2.45. The molecule has 2 aromatic rings. The van der Waals surface area contributed by atoms with Crippen LogP contribution in [-0.4, -0.2) is 33.9 Å². The minimum Gasteiger partial charge on any atom is -0.494 e. The van der Waals surface area contributed by atoms with Gasteiger partial charge in [-0.3, -0.25) is 0 Å². The number of nitrogens with two attached hydrogens (primary N) is 1. The Morgan fingerprint density at radius 1 is 1.44 bits per heavy atom. The minimum absolute atomic E-state index is 0.489. The maximum absolute atomic E-state index is 6.04. The van der Waals surface area contributed by atoms with Crippen LogP contribution in [0.15, 0.2) is 12.1 Å². The zero-order chi connectivity index (χ0) is 13.1. The predicted molar refractivity (Wildman–Crippen MR) is 68.2 cm³/mol. The molecule has 1 heterocycles. The quantitative estimate of drug-likeness (QED) is 0.898. The third-order valence-electron chi connectivity index (χ3n) is 2.50. The molecule has 6 nitrogen and oxygen atoms in total. The number of aromatic nitrogens is 4. The molecule has 1 aromatic heterocycles. The summed E-state index contributed by atoms with van der Waals surface area (Å²) in [6.07, 6.45) is 0.592. The molecule has 1 aromatic carbocycles. The average molecular weight is 268 g/mol. The molecule has 0 aliphatic heterocycles. The summed E-state index contributed by atoms with van der Waals surface area (Å²) in [5.74, 6) is 1.20. The van der Waals surface area contributed by atoms with Crippen molar-refractivity contribution in [3.8, 4) is 11.4 Å². The number of nitrogens with zero attached hydrogens (tertiary/aromatic N) is 4. The second-order valence-electron chi connectivity index (χ2n) is 3.81. The molecule has 0 unspecified atom stereocenters. The van der Waals surface area contributed by atoms with Gasteiger partial charge in [0.25, 0.3) is 0 Å². The number of tetrazole rings is 1. The van der Waals surface area contributed by atoms with Gasteiger partial charge in [0, 0.05) is 17.5 Å². The summed E-state index contributed by atoms with van der Waals surface area (Å²) in [6, 6.07) is 3.59. The van der Waals surface area contributed by atoms with E-state index >= 15 is 0 Å². The monoisotopic (exact) mass is 267 g/mol. The Labute approximate surface area is 110 Å². The Morgan fingerprint density at radius 3 is 2.89 bits per heavy atom. The van der Waals surface area contributed by atoms with Crippen LogP contribution in [0.4, 0.5) is 0 Å². The fourth-order valence-corrected chi connectivity index (χ4v) is 1.70. The smallest absolute Gasteiger partial charge is 0.176 e. The highest BCUT2D eigenvalue weighted by Crippen LogP contribution is 2.28. The van der Waals surface area contributed by atoms with Gasteiger partial charge in [-0.05, 0) is 30.3 Å². The van der Waals surface area contributed by atoms with Crippen LogP contribution in [0.2, 0.25) is 5.02 Å². The Bertz CT molecular complexity index is 554. The van der Waals surface area contributed by atoms with E-state index in [2.05, 4.69) is 15.4 Å². The van der Waals surface area contributed by atoms with E-state index in [4.69, 9.17) is 22.1 Å². The van der Waals surface area contributed by atoms with Crippen LogP contribution in [0.5, 0.6) is 5.75 Å². The third kappa shape index (κ3) is 2.44. The predicted octanol–water partition coefficient (Wildman–Crippen LogP) is 1.13. The first-order chi connectivity index (χ1) is 8.65. The first-order valence-electron chi connectivity index (χ1n) is 5.49. The Hall–Kier alpha value is -1.66. The molecule has 96 valence electrons. The van der Waals surface area contributed by atoms with Crippen molar-refractivity contribution in [2.24, 2.45) is 5.73 Å². The summed E-state index contributed by atoms with van der Waals surface area (Å²) in [5.41, 5.74) is 7.07. The second kappa shape index (κ2) is 5.32. The number of benzene rings is 1. The van der Waals surface area contributed by atoms with Crippen LogP contribution >= 0.6 is 11.6 Å². The van der Waals surface area contributed by atoms with Crippen molar-refractivity contribution in [2.75, 3.05) is 13.7 Å². The van der Waals surface area contributed by atoms with Crippen molar-refractivity contribution in [1.82, 2.24) is 20.2 Å². The topological polar surface area (TPSA) is 78.8 Å². The number of methoxy groups -OCH3 is 1. The Morgan fingerprint density at radius 2 is 2.22 bits per heavy atom. The summed E-state index contributed by atoms with van der Waals surface area (Å²) >= 11 is 6.04. The van der Waals surface area contributed by atoms with Crippen LogP contribution in [-0.2, 0) is 6.42 Å². The fraction of sp³-hybridized carbons (Fsp3) is 0.364. The van der Waals surface area contributed by atoms with E-state index in [0.29, 0.717) is 35.2 Å². The lowest BCUT2D eigenvalue weighted by Crippen LogP contribution is -2.06. The van der Waals surface area contributed by atoms with Gasteiger partial charge >= 0.3 is 0 Å². The average Bonchev–Trinajstić information content (AvgIpc) is 2.81. The van der Waals surface area contributed by atoms with Gasteiger partial charge < -0.3 is 10.5 Å². The molecule has 0 spiro atoms. The molecular formula is C11H14ClN5O. The van der Waals surface area contributed by atoms with Gasteiger partial charge in [0.2, 0.25) is 0 Å². The van der Waals surface area contributed by atoms with Crippen molar-refractivity contribution in [1.29, 1.82) is 0 Å². The van der Waals surface area contributed by atoms with E-state index < -0.39 is 0 Å². The minimum atomic E-state index is 0.489. The molecule has 2 rings (SSSR count). The molecule has 0 radical (unpaired) electrons. The molecular weight excluding hydrogens is 254 g/mol. The highest BCUT2D eigenvalue weighted by Gasteiger charge is 2.12. The lowest BCUT2D eigenvalue weighted by Gasteiger charge is -2.08. The first kappa shape index (κ1) is 12.8. The number of rotatable bonds is 4. The van der Waals surface area contributed by atoms with E-state index in [1.54, 1.807) is 13.2 Å². The summed E-state index contributed by atoms with van der Waals surface area (Å²) in [6.45, 7) is 2.39. The molecule has 0 aliphatic rings. The van der Waals surface area contributed by atoms with E-state index in [-0.39, 0.29) is 0 Å². The van der Waals surface area contributed by atoms with Crippen LogP contribution < -0.4 is 10.5 Å². The maximum atomic E-state index is 6.04. The van der Waals surface area contributed by atoms with E-state index in [9.17, 15) is 0 Å². The van der Waals surface area contributed by atoms with E-state index in [1.807, 2.05) is 13.0 Å². The van der Waals surface area contributed by atoms with Crippen LogP contribution in [0.25, 0.3) is 5.69 Å². The fourth-order valence-electron chi connectivity index (χ4n) is 1.54. The number of hydrogen-bond donors (Lipinski definition) is 1. The summed E-state index contributed by atoms with van der Waals surface area (Å²) in [4.78, 5) is 1.42. The number of hydrogen-bond acceptors (Lipinski definition) is 5. The summed E-state index contributed by atoms with van der Waals surface area (Å²) < 4.78 is 5.27. The van der Waals surface area contributed by atoms with Crippen molar-refractivity contribution in [2.45, 2.75) is 13.3 Å². The molecule has 7 heteroatoms. The molecule has 0 bridgehead atoms. The molecule has 0 aliphatic carbocycles. The number of ether oxygens (including phenoxy) is 1.